The van der Waals surface area contributed by atoms with Crippen LogP contribution in [0.4, 0.5) is 4.79 Å². The maximum absolute atomic E-state index is 11.4. The number of methoxy groups -OCH3 is 1. The van der Waals surface area contributed by atoms with E-state index in [1.807, 2.05) is 30.3 Å². The van der Waals surface area contributed by atoms with Gasteiger partial charge in [0.15, 0.2) is 6.23 Å². The number of aliphatic hydroxyl groups excluding tert-OH is 1. The third-order valence-corrected chi connectivity index (χ3v) is 2.16. The molecule has 17 heavy (non-hydrogen) atoms. The number of hydrogen-bond donors (Lipinski definition) is 2. The summed E-state index contributed by atoms with van der Waals surface area (Å²) in [6.45, 7) is 1.70. The van der Waals surface area contributed by atoms with E-state index in [0.29, 0.717) is 0 Å². The van der Waals surface area contributed by atoms with Crippen molar-refractivity contribution in [3.05, 3.63) is 35.9 Å². The molecule has 0 radical (unpaired) electrons. The molecule has 2 N–H and O–H groups in total. The molecule has 1 aromatic rings. The SMILES string of the molecule is COC(NC(=O)OCc1ccccc1)C(C)O. The molecule has 0 fully saturated rings. The Kier molecular flexibility index (Phi) is 5.45. The molecule has 1 rings (SSSR count). The fourth-order valence-electron chi connectivity index (χ4n) is 1.26. The number of nitrogens with one attached hydrogen (secondary N) is 1. The number of ether oxygens (including phenoxy) is 2. The van der Waals surface area contributed by atoms with Crippen molar-refractivity contribution < 1.29 is 19.4 Å². The summed E-state index contributed by atoms with van der Waals surface area (Å²) in [6.07, 6.45) is -2.19. The Hall–Kier alpha value is -1.59. The quantitative estimate of drug-likeness (QED) is 0.759. The van der Waals surface area contributed by atoms with E-state index in [9.17, 15) is 9.90 Å². The molecule has 2 unspecified atom stereocenters. The van der Waals surface area contributed by atoms with E-state index in [4.69, 9.17) is 9.47 Å². The van der Waals surface area contributed by atoms with Crippen molar-refractivity contribution in [3.8, 4) is 0 Å². The summed E-state index contributed by atoms with van der Waals surface area (Å²) in [7, 11) is 1.40. The van der Waals surface area contributed by atoms with Crippen molar-refractivity contribution in [1.82, 2.24) is 5.32 Å². The molecule has 94 valence electrons. The summed E-state index contributed by atoms with van der Waals surface area (Å²) in [5, 5.41) is 11.7. The second-order valence-electron chi connectivity index (χ2n) is 3.60. The van der Waals surface area contributed by atoms with Gasteiger partial charge in [0.1, 0.15) is 6.61 Å². The van der Waals surface area contributed by atoms with Gasteiger partial charge in [0.25, 0.3) is 0 Å². The molecule has 0 aromatic heterocycles. The van der Waals surface area contributed by atoms with Crippen LogP contribution in [0.3, 0.4) is 0 Å². The normalized spacial score (nSPS) is 13.8. The highest BCUT2D eigenvalue weighted by atomic mass is 16.6. The molecule has 0 heterocycles. The topological polar surface area (TPSA) is 67.8 Å². The number of hydrogen-bond acceptors (Lipinski definition) is 4. The van der Waals surface area contributed by atoms with Crippen LogP contribution < -0.4 is 5.32 Å². The highest BCUT2D eigenvalue weighted by Gasteiger charge is 2.17. The maximum Gasteiger partial charge on any atom is 0.409 e. The summed E-state index contributed by atoms with van der Waals surface area (Å²) in [4.78, 5) is 11.4. The Bertz CT molecular complexity index is 340. The second-order valence-corrected chi connectivity index (χ2v) is 3.60. The van der Waals surface area contributed by atoms with Gasteiger partial charge in [-0.1, -0.05) is 30.3 Å². The van der Waals surface area contributed by atoms with Crippen LogP contribution in [0.2, 0.25) is 0 Å². The van der Waals surface area contributed by atoms with Crippen LogP contribution in [0.5, 0.6) is 0 Å². The third-order valence-electron chi connectivity index (χ3n) is 2.16. The number of alkyl carbamates (subject to hydrolysis) is 1. The Balaban J connectivity index is 2.35. The molecule has 2 atom stereocenters. The first kappa shape index (κ1) is 13.5. The molecule has 1 amide bonds. The minimum Gasteiger partial charge on any atom is -0.445 e. The van der Waals surface area contributed by atoms with E-state index in [1.165, 1.54) is 14.0 Å². The zero-order valence-electron chi connectivity index (χ0n) is 9.92. The molecule has 0 saturated heterocycles. The molecule has 5 heteroatoms. The first-order valence-corrected chi connectivity index (χ1v) is 5.31. The van der Waals surface area contributed by atoms with Crippen molar-refractivity contribution in [1.29, 1.82) is 0 Å². The van der Waals surface area contributed by atoms with Gasteiger partial charge in [-0.2, -0.15) is 0 Å². The molecule has 0 aliphatic rings. The van der Waals surface area contributed by atoms with E-state index in [2.05, 4.69) is 5.32 Å². The van der Waals surface area contributed by atoms with Crippen LogP contribution in [0.25, 0.3) is 0 Å². The largest absolute Gasteiger partial charge is 0.445 e. The molecule has 5 nitrogen and oxygen atoms in total. The molecule has 0 bridgehead atoms. The predicted molar refractivity (Wildman–Crippen MR) is 62.2 cm³/mol. The number of benzene rings is 1. The van der Waals surface area contributed by atoms with Gasteiger partial charge in [0, 0.05) is 7.11 Å². The Labute approximate surface area is 100 Å². The van der Waals surface area contributed by atoms with Gasteiger partial charge < -0.3 is 14.6 Å². The highest BCUT2D eigenvalue weighted by Crippen LogP contribution is 2.01. The van der Waals surface area contributed by atoms with Crippen LogP contribution in [-0.2, 0) is 16.1 Å². The first-order chi connectivity index (χ1) is 8.13. The molecule has 0 saturated carbocycles. The van der Waals surface area contributed by atoms with Gasteiger partial charge in [-0.25, -0.2) is 4.79 Å². The van der Waals surface area contributed by atoms with Gasteiger partial charge in [0.2, 0.25) is 0 Å². The molecule has 0 spiro atoms. The minimum absolute atomic E-state index is 0.183. The van der Waals surface area contributed by atoms with E-state index < -0.39 is 18.4 Å². The van der Waals surface area contributed by atoms with E-state index >= 15 is 0 Å². The van der Waals surface area contributed by atoms with Crippen molar-refractivity contribution >= 4 is 6.09 Å². The van der Waals surface area contributed by atoms with Gasteiger partial charge in [-0.3, -0.25) is 5.32 Å². The van der Waals surface area contributed by atoms with Crippen molar-refractivity contribution in [2.24, 2.45) is 0 Å². The van der Waals surface area contributed by atoms with Crippen molar-refractivity contribution in [2.75, 3.05) is 7.11 Å². The molecular formula is C12H17NO4. The average molecular weight is 239 g/mol. The standard InChI is InChI=1S/C12H17NO4/c1-9(14)11(16-2)13-12(15)17-8-10-6-4-3-5-7-10/h3-7,9,11,14H,8H2,1-2H3,(H,13,15). The van der Waals surface area contributed by atoms with Crippen LogP contribution in [0.1, 0.15) is 12.5 Å². The summed E-state index contributed by atoms with van der Waals surface area (Å²) >= 11 is 0. The van der Waals surface area contributed by atoms with Gasteiger partial charge >= 0.3 is 6.09 Å². The minimum atomic E-state index is -0.802. The highest BCUT2D eigenvalue weighted by molar-refractivity contribution is 5.67. The summed E-state index contributed by atoms with van der Waals surface area (Å²) in [5.74, 6) is 0. The van der Waals surface area contributed by atoms with E-state index in [1.54, 1.807) is 0 Å². The predicted octanol–water partition coefficient (Wildman–Crippen LogP) is 1.27. The lowest BCUT2D eigenvalue weighted by Crippen LogP contribution is -2.43. The molecule has 0 aliphatic heterocycles. The lowest BCUT2D eigenvalue weighted by atomic mass is 10.2. The van der Waals surface area contributed by atoms with Crippen LogP contribution in [0, 0.1) is 0 Å². The van der Waals surface area contributed by atoms with E-state index in [-0.39, 0.29) is 6.61 Å². The van der Waals surface area contributed by atoms with Gasteiger partial charge in [-0.05, 0) is 12.5 Å². The Morgan fingerprint density at radius 2 is 2.06 bits per heavy atom. The molecular weight excluding hydrogens is 222 g/mol. The molecule has 1 aromatic carbocycles. The summed E-state index contributed by atoms with van der Waals surface area (Å²) in [6, 6.07) is 9.33. The number of rotatable bonds is 5. The smallest absolute Gasteiger partial charge is 0.409 e. The van der Waals surface area contributed by atoms with Gasteiger partial charge in [0.05, 0.1) is 6.10 Å². The summed E-state index contributed by atoms with van der Waals surface area (Å²) < 4.78 is 9.84. The van der Waals surface area contributed by atoms with E-state index in [0.717, 1.165) is 5.56 Å². The number of carbonyl (C=O) groups is 1. The second kappa shape index (κ2) is 6.88. The zero-order chi connectivity index (χ0) is 12.7. The number of aliphatic hydroxyl groups is 1. The average Bonchev–Trinajstić information content (AvgIpc) is 2.34. The summed E-state index contributed by atoms with van der Waals surface area (Å²) in [5.41, 5.74) is 0.897. The monoisotopic (exact) mass is 239 g/mol. The van der Waals surface area contributed by atoms with Crippen LogP contribution in [-0.4, -0.2) is 30.6 Å². The van der Waals surface area contributed by atoms with Gasteiger partial charge in [-0.15, -0.1) is 0 Å². The van der Waals surface area contributed by atoms with Crippen molar-refractivity contribution in [2.45, 2.75) is 25.9 Å². The van der Waals surface area contributed by atoms with Crippen molar-refractivity contribution in [3.63, 3.8) is 0 Å². The first-order valence-electron chi connectivity index (χ1n) is 5.31. The third kappa shape index (κ3) is 4.84. The Morgan fingerprint density at radius 1 is 1.41 bits per heavy atom. The lowest BCUT2D eigenvalue weighted by Gasteiger charge is -2.19. The number of amides is 1. The van der Waals surface area contributed by atoms with Crippen LogP contribution >= 0.6 is 0 Å². The maximum atomic E-state index is 11.4. The fourth-order valence-corrected chi connectivity index (χ4v) is 1.26. The number of carbonyl (C=O) groups excluding carboxylic acids is 1. The fraction of sp³-hybridized carbons (Fsp3) is 0.417. The molecule has 0 aliphatic carbocycles. The zero-order valence-corrected chi connectivity index (χ0v) is 9.92. The lowest BCUT2D eigenvalue weighted by molar-refractivity contribution is -0.0225. The Morgan fingerprint density at radius 3 is 2.59 bits per heavy atom. The van der Waals surface area contributed by atoms with Crippen LogP contribution in [0.15, 0.2) is 30.3 Å².